The normalized spacial score (nSPS) is 12.3. The summed E-state index contributed by atoms with van der Waals surface area (Å²) in [6.45, 7) is 0.355. The molecule has 0 saturated carbocycles. The number of halogens is 1. The topological polar surface area (TPSA) is 70.7 Å². The monoisotopic (exact) mass is 407 g/mol. The van der Waals surface area contributed by atoms with Crippen molar-refractivity contribution in [2.45, 2.75) is 6.54 Å². The van der Waals surface area contributed by atoms with Gasteiger partial charge in [0.25, 0.3) is 5.91 Å². The Hall–Kier alpha value is -3.51. The van der Waals surface area contributed by atoms with E-state index in [1.54, 1.807) is 37.4 Å². The number of hydrogen-bond acceptors (Lipinski definition) is 3. The Labute approximate surface area is 173 Å². The summed E-state index contributed by atoms with van der Waals surface area (Å²) in [6.07, 6.45) is 0. The number of nitrogens with zero attached hydrogens (tertiary/aromatic N) is 1. The molecule has 1 aliphatic rings. The van der Waals surface area contributed by atoms with E-state index in [-0.39, 0.29) is 11.9 Å². The van der Waals surface area contributed by atoms with Gasteiger partial charge in [0.2, 0.25) is 0 Å². The molecule has 0 atom stereocenters. The maximum absolute atomic E-state index is 12.9. The Balaban J connectivity index is 1.49. The molecule has 0 spiro atoms. The molecule has 3 aromatic rings. The molecular formula is C22H18ClN3O3. The van der Waals surface area contributed by atoms with Gasteiger partial charge < -0.3 is 20.3 Å². The molecule has 1 heterocycles. The van der Waals surface area contributed by atoms with Crippen LogP contribution >= 0.6 is 11.6 Å². The zero-order valence-electron chi connectivity index (χ0n) is 15.6. The van der Waals surface area contributed by atoms with Crippen LogP contribution in [-0.2, 0) is 6.54 Å². The third kappa shape index (κ3) is 4.02. The van der Waals surface area contributed by atoms with E-state index in [1.807, 2.05) is 36.4 Å². The van der Waals surface area contributed by atoms with E-state index in [0.717, 1.165) is 5.56 Å². The van der Waals surface area contributed by atoms with Gasteiger partial charge in [-0.2, -0.15) is 0 Å². The lowest BCUT2D eigenvalue weighted by molar-refractivity contribution is 0.0993. The Morgan fingerprint density at radius 2 is 1.79 bits per heavy atom. The number of rotatable bonds is 3. The van der Waals surface area contributed by atoms with Crippen LogP contribution in [0.4, 0.5) is 16.2 Å². The molecule has 4 rings (SSSR count). The van der Waals surface area contributed by atoms with Crippen LogP contribution < -0.4 is 20.3 Å². The summed E-state index contributed by atoms with van der Waals surface area (Å²) in [6, 6.07) is 19.2. The van der Waals surface area contributed by atoms with Gasteiger partial charge >= 0.3 is 6.03 Å². The van der Waals surface area contributed by atoms with Gasteiger partial charge in [-0.1, -0.05) is 35.9 Å². The van der Waals surface area contributed by atoms with Crippen LogP contribution in [0.5, 0.6) is 11.5 Å². The number of hydrogen-bond donors (Lipinski definition) is 2. The molecule has 29 heavy (non-hydrogen) atoms. The summed E-state index contributed by atoms with van der Waals surface area (Å²) in [5.41, 5.74) is 2.48. The highest BCUT2D eigenvalue weighted by atomic mass is 35.5. The molecule has 146 valence electrons. The fraction of sp³-hybridized carbons (Fsp3) is 0.0909. The number of fused-ring (bicyclic) bond motifs is 2. The van der Waals surface area contributed by atoms with Gasteiger partial charge in [0.05, 0.1) is 11.3 Å². The third-order valence-corrected chi connectivity index (χ3v) is 4.84. The van der Waals surface area contributed by atoms with Gasteiger partial charge in [-0.3, -0.25) is 4.79 Å². The van der Waals surface area contributed by atoms with E-state index in [4.69, 9.17) is 16.3 Å². The summed E-state index contributed by atoms with van der Waals surface area (Å²) < 4.78 is 5.92. The second-order valence-electron chi connectivity index (χ2n) is 6.58. The minimum absolute atomic E-state index is 0.213. The van der Waals surface area contributed by atoms with Gasteiger partial charge in [-0.15, -0.1) is 0 Å². The number of para-hydroxylation sites is 2. The van der Waals surface area contributed by atoms with Crippen molar-refractivity contribution in [1.29, 1.82) is 0 Å². The van der Waals surface area contributed by atoms with Crippen LogP contribution in [0.2, 0.25) is 5.02 Å². The van der Waals surface area contributed by atoms with Crippen LogP contribution in [0.3, 0.4) is 0 Å². The highest BCUT2D eigenvalue weighted by molar-refractivity contribution is 6.30. The van der Waals surface area contributed by atoms with Gasteiger partial charge in [0.1, 0.15) is 5.75 Å². The second kappa shape index (κ2) is 7.85. The van der Waals surface area contributed by atoms with E-state index in [9.17, 15) is 9.59 Å². The average Bonchev–Trinajstić information content (AvgIpc) is 2.83. The van der Waals surface area contributed by atoms with Crippen molar-refractivity contribution in [3.05, 3.63) is 82.9 Å². The molecule has 7 heteroatoms. The summed E-state index contributed by atoms with van der Waals surface area (Å²) in [5, 5.41) is 6.16. The molecule has 1 aliphatic heterocycles. The van der Waals surface area contributed by atoms with E-state index >= 15 is 0 Å². The van der Waals surface area contributed by atoms with Gasteiger partial charge in [-0.05, 0) is 48.0 Å². The number of urea groups is 1. The lowest BCUT2D eigenvalue weighted by atomic mass is 10.1. The zero-order chi connectivity index (χ0) is 20.4. The molecule has 0 aromatic heterocycles. The SMILES string of the molecule is CN1C(=O)c2cc(NC(=O)NCc3ccc(Cl)cc3)ccc2Oc2ccccc21. The highest BCUT2D eigenvalue weighted by Gasteiger charge is 2.25. The van der Waals surface area contributed by atoms with E-state index in [0.29, 0.717) is 40.0 Å². The number of ether oxygens (including phenoxy) is 1. The Morgan fingerprint density at radius 1 is 1.03 bits per heavy atom. The molecule has 3 aromatic carbocycles. The molecule has 0 fully saturated rings. The van der Waals surface area contributed by atoms with Crippen molar-refractivity contribution in [2.75, 3.05) is 17.3 Å². The van der Waals surface area contributed by atoms with Crippen molar-refractivity contribution in [1.82, 2.24) is 5.32 Å². The summed E-state index contributed by atoms with van der Waals surface area (Å²) in [7, 11) is 1.69. The summed E-state index contributed by atoms with van der Waals surface area (Å²) in [5.74, 6) is 0.831. The Bertz CT molecular complexity index is 1080. The highest BCUT2D eigenvalue weighted by Crippen LogP contribution is 2.38. The predicted octanol–water partition coefficient (Wildman–Crippen LogP) is 5.04. The average molecular weight is 408 g/mol. The van der Waals surface area contributed by atoms with Crippen molar-refractivity contribution in [3.8, 4) is 11.5 Å². The van der Waals surface area contributed by atoms with Crippen LogP contribution in [0.1, 0.15) is 15.9 Å². The van der Waals surface area contributed by atoms with Crippen LogP contribution in [0, 0.1) is 0 Å². The molecule has 0 saturated heterocycles. The van der Waals surface area contributed by atoms with Gasteiger partial charge in [0, 0.05) is 24.3 Å². The molecule has 0 bridgehead atoms. The maximum atomic E-state index is 12.9. The molecule has 0 unspecified atom stereocenters. The Kier molecular flexibility index (Phi) is 5.10. The number of nitrogens with one attached hydrogen (secondary N) is 2. The van der Waals surface area contributed by atoms with E-state index in [2.05, 4.69) is 10.6 Å². The fourth-order valence-corrected chi connectivity index (χ4v) is 3.18. The molecule has 2 N–H and O–H groups in total. The minimum Gasteiger partial charge on any atom is -0.454 e. The lowest BCUT2D eigenvalue weighted by Gasteiger charge is -2.16. The third-order valence-electron chi connectivity index (χ3n) is 4.59. The molecule has 0 aliphatic carbocycles. The second-order valence-corrected chi connectivity index (χ2v) is 7.02. The maximum Gasteiger partial charge on any atom is 0.319 e. The molecular weight excluding hydrogens is 390 g/mol. The predicted molar refractivity (Wildman–Crippen MR) is 113 cm³/mol. The number of anilines is 2. The fourth-order valence-electron chi connectivity index (χ4n) is 3.05. The summed E-state index contributed by atoms with van der Waals surface area (Å²) >= 11 is 5.86. The first-order valence-electron chi connectivity index (χ1n) is 8.99. The van der Waals surface area contributed by atoms with Crippen LogP contribution in [-0.4, -0.2) is 19.0 Å². The van der Waals surface area contributed by atoms with Crippen molar-refractivity contribution >= 4 is 34.9 Å². The first kappa shape index (κ1) is 18.8. The quantitative estimate of drug-likeness (QED) is 0.638. The van der Waals surface area contributed by atoms with Gasteiger partial charge in [0.15, 0.2) is 5.75 Å². The van der Waals surface area contributed by atoms with Gasteiger partial charge in [-0.25, -0.2) is 4.79 Å². The Morgan fingerprint density at radius 3 is 2.59 bits per heavy atom. The molecule has 3 amide bonds. The number of amides is 3. The number of carbonyl (C=O) groups is 2. The molecule has 0 radical (unpaired) electrons. The van der Waals surface area contributed by atoms with Crippen molar-refractivity contribution in [3.63, 3.8) is 0 Å². The lowest BCUT2D eigenvalue weighted by Crippen LogP contribution is -2.28. The first-order chi connectivity index (χ1) is 14.0. The summed E-state index contributed by atoms with van der Waals surface area (Å²) in [4.78, 5) is 26.7. The standard InChI is InChI=1S/C22H18ClN3O3/c1-26-18-4-2-3-5-20(18)29-19-11-10-16(12-17(19)21(26)27)25-22(28)24-13-14-6-8-15(23)9-7-14/h2-12H,13H2,1H3,(H2,24,25,28). The smallest absolute Gasteiger partial charge is 0.319 e. The minimum atomic E-state index is -0.376. The van der Waals surface area contributed by atoms with E-state index < -0.39 is 0 Å². The zero-order valence-corrected chi connectivity index (χ0v) is 16.4. The number of benzene rings is 3. The van der Waals surface area contributed by atoms with E-state index in [1.165, 1.54) is 4.90 Å². The molecule has 6 nitrogen and oxygen atoms in total. The van der Waals surface area contributed by atoms with Crippen LogP contribution in [0.25, 0.3) is 0 Å². The van der Waals surface area contributed by atoms with Crippen molar-refractivity contribution < 1.29 is 14.3 Å². The first-order valence-corrected chi connectivity index (χ1v) is 9.37. The van der Waals surface area contributed by atoms with Crippen molar-refractivity contribution in [2.24, 2.45) is 0 Å². The number of carbonyl (C=O) groups excluding carboxylic acids is 2. The largest absolute Gasteiger partial charge is 0.454 e. The van der Waals surface area contributed by atoms with Crippen LogP contribution in [0.15, 0.2) is 66.7 Å².